The first-order valence-electron chi connectivity index (χ1n) is 14.0. The topological polar surface area (TPSA) is 69.6 Å². The first kappa shape index (κ1) is 29.3. The van der Waals surface area contributed by atoms with E-state index >= 15 is 0 Å². The summed E-state index contributed by atoms with van der Waals surface area (Å²) in [4.78, 5) is 30.9. The Balaban J connectivity index is 1.85. The number of rotatable bonds is 11. The maximum atomic E-state index is 14.5. The van der Waals surface area contributed by atoms with Crippen molar-refractivity contribution in [1.29, 1.82) is 0 Å². The van der Waals surface area contributed by atoms with E-state index in [1.54, 1.807) is 17.0 Å². The Hall–Kier alpha value is -2.67. The van der Waals surface area contributed by atoms with Crippen molar-refractivity contribution in [2.75, 3.05) is 6.61 Å². The molecule has 0 spiro atoms. The summed E-state index contributed by atoms with van der Waals surface area (Å²) in [5, 5.41) is 14.0. The third kappa shape index (κ3) is 7.50. The smallest absolute Gasteiger partial charge is 0.265 e. The van der Waals surface area contributed by atoms with Crippen LogP contribution in [0.3, 0.4) is 0 Å². The monoisotopic (exact) mass is 566 g/mol. The van der Waals surface area contributed by atoms with E-state index in [-0.39, 0.29) is 36.3 Å². The number of aliphatic hydroxyl groups excluding tert-OH is 1. The van der Waals surface area contributed by atoms with Crippen molar-refractivity contribution in [3.8, 4) is 0 Å². The molecule has 0 radical (unpaired) electrons. The highest BCUT2D eigenvalue weighted by atomic mass is 35.5. The summed E-state index contributed by atoms with van der Waals surface area (Å²) in [5.41, 5.74) is 1.87. The van der Waals surface area contributed by atoms with Gasteiger partial charge in [-0.15, -0.1) is 11.3 Å². The lowest BCUT2D eigenvalue weighted by molar-refractivity contribution is -0.128. The zero-order chi connectivity index (χ0) is 27.8. The molecule has 2 amide bonds. The Labute approximate surface area is 241 Å². The van der Waals surface area contributed by atoms with E-state index in [9.17, 15) is 14.7 Å². The van der Waals surface area contributed by atoms with Crippen molar-refractivity contribution in [3.05, 3.63) is 93.1 Å². The Morgan fingerprint density at radius 1 is 0.974 bits per heavy atom. The lowest BCUT2D eigenvalue weighted by Crippen LogP contribution is -2.55. The number of hydrogen-bond donors (Lipinski definition) is 2. The third-order valence-corrected chi connectivity index (χ3v) is 9.01. The van der Waals surface area contributed by atoms with Gasteiger partial charge in [0.2, 0.25) is 5.91 Å². The number of nitrogens with zero attached hydrogens (tertiary/aromatic N) is 1. The number of carbonyl (C=O) groups is 2. The van der Waals surface area contributed by atoms with Crippen LogP contribution in [0.1, 0.15) is 72.8 Å². The summed E-state index contributed by atoms with van der Waals surface area (Å²) in [6, 6.07) is 21.9. The second-order valence-electron chi connectivity index (χ2n) is 10.8. The van der Waals surface area contributed by atoms with Gasteiger partial charge in [0.05, 0.1) is 15.3 Å². The van der Waals surface area contributed by atoms with Crippen LogP contribution in [0.5, 0.6) is 0 Å². The summed E-state index contributed by atoms with van der Waals surface area (Å²) in [7, 11) is 0. The fraction of sp³-hybridized carbons (Fsp3) is 0.438. The van der Waals surface area contributed by atoms with Gasteiger partial charge < -0.3 is 15.3 Å². The molecule has 2 aromatic carbocycles. The zero-order valence-electron chi connectivity index (χ0n) is 22.8. The maximum absolute atomic E-state index is 14.5. The molecule has 1 aliphatic rings. The molecule has 208 valence electrons. The van der Waals surface area contributed by atoms with Gasteiger partial charge in [0.1, 0.15) is 6.04 Å². The van der Waals surface area contributed by atoms with E-state index in [1.807, 2.05) is 60.7 Å². The predicted molar refractivity (Wildman–Crippen MR) is 159 cm³/mol. The average Bonchev–Trinajstić information content (AvgIpc) is 3.39. The Morgan fingerprint density at radius 2 is 1.62 bits per heavy atom. The molecule has 2 N–H and O–H groups in total. The zero-order valence-corrected chi connectivity index (χ0v) is 24.3. The molecule has 0 unspecified atom stereocenters. The first-order valence-corrected chi connectivity index (χ1v) is 15.2. The highest BCUT2D eigenvalue weighted by Gasteiger charge is 2.41. The summed E-state index contributed by atoms with van der Waals surface area (Å²) in [5.74, 6) is -0.628. The van der Waals surface area contributed by atoms with Gasteiger partial charge in [0, 0.05) is 25.0 Å². The van der Waals surface area contributed by atoms with Crippen LogP contribution in [0.2, 0.25) is 4.34 Å². The van der Waals surface area contributed by atoms with E-state index in [0.29, 0.717) is 15.6 Å². The Kier molecular flexibility index (Phi) is 10.6. The number of halogens is 1. The van der Waals surface area contributed by atoms with E-state index in [2.05, 4.69) is 19.2 Å². The highest BCUT2D eigenvalue weighted by Crippen LogP contribution is 2.38. The van der Waals surface area contributed by atoms with Crippen LogP contribution >= 0.6 is 22.9 Å². The van der Waals surface area contributed by atoms with Crippen molar-refractivity contribution in [1.82, 2.24) is 10.2 Å². The number of aliphatic hydroxyl groups is 1. The second-order valence-corrected chi connectivity index (χ2v) is 12.5. The SMILES string of the molecule is CC(C)[C@H](CO)[C@@H](c1ccccc1)N(C(=O)c1ccc(Cl)s1)[C@@H](Cc1ccccc1)C(=O)NC1CCCCC1. The number of benzene rings is 2. The van der Waals surface area contributed by atoms with Gasteiger partial charge in [0.15, 0.2) is 0 Å². The van der Waals surface area contributed by atoms with Gasteiger partial charge >= 0.3 is 0 Å². The molecule has 1 aromatic heterocycles. The number of hydrogen-bond acceptors (Lipinski definition) is 4. The molecular formula is C32H39ClN2O3S. The van der Waals surface area contributed by atoms with Crippen LogP contribution in [-0.4, -0.2) is 40.5 Å². The first-order chi connectivity index (χ1) is 18.9. The lowest BCUT2D eigenvalue weighted by atomic mass is 9.82. The molecule has 1 fully saturated rings. The van der Waals surface area contributed by atoms with Crippen LogP contribution in [0, 0.1) is 11.8 Å². The molecule has 0 saturated heterocycles. The van der Waals surface area contributed by atoms with Gasteiger partial charge in [0.25, 0.3) is 5.91 Å². The normalized spacial score (nSPS) is 16.4. The van der Waals surface area contributed by atoms with E-state index in [4.69, 9.17) is 11.6 Å². The summed E-state index contributed by atoms with van der Waals surface area (Å²) in [6.07, 6.45) is 5.64. The van der Waals surface area contributed by atoms with Crippen LogP contribution in [0.15, 0.2) is 72.8 Å². The van der Waals surface area contributed by atoms with Crippen molar-refractivity contribution >= 4 is 34.8 Å². The largest absolute Gasteiger partial charge is 0.396 e. The van der Waals surface area contributed by atoms with Gasteiger partial charge in [-0.2, -0.15) is 0 Å². The van der Waals surface area contributed by atoms with Crippen LogP contribution < -0.4 is 5.32 Å². The third-order valence-electron chi connectivity index (χ3n) is 7.79. The van der Waals surface area contributed by atoms with Gasteiger partial charge in [-0.3, -0.25) is 9.59 Å². The van der Waals surface area contributed by atoms with Gasteiger partial charge in [-0.05, 0) is 42.0 Å². The van der Waals surface area contributed by atoms with E-state index in [1.165, 1.54) is 17.8 Å². The minimum atomic E-state index is -0.777. The second kappa shape index (κ2) is 14.1. The number of thiophene rings is 1. The molecule has 5 nitrogen and oxygen atoms in total. The maximum Gasteiger partial charge on any atom is 0.265 e. The molecule has 0 aliphatic heterocycles. The van der Waals surface area contributed by atoms with Crippen molar-refractivity contribution < 1.29 is 14.7 Å². The average molecular weight is 567 g/mol. The Bertz CT molecular complexity index is 1190. The van der Waals surface area contributed by atoms with Crippen molar-refractivity contribution in [3.63, 3.8) is 0 Å². The molecule has 1 saturated carbocycles. The van der Waals surface area contributed by atoms with Crippen molar-refractivity contribution in [2.45, 2.75) is 70.5 Å². The summed E-state index contributed by atoms with van der Waals surface area (Å²) < 4.78 is 0.517. The molecule has 0 bridgehead atoms. The minimum Gasteiger partial charge on any atom is -0.396 e. The molecule has 7 heteroatoms. The van der Waals surface area contributed by atoms with Crippen molar-refractivity contribution in [2.24, 2.45) is 11.8 Å². The minimum absolute atomic E-state index is 0.0567. The molecule has 3 aromatic rings. The molecule has 39 heavy (non-hydrogen) atoms. The van der Waals surface area contributed by atoms with Crippen LogP contribution in [-0.2, 0) is 11.2 Å². The van der Waals surface area contributed by atoms with E-state index < -0.39 is 12.1 Å². The Morgan fingerprint density at radius 3 is 2.18 bits per heavy atom. The lowest BCUT2D eigenvalue weighted by Gasteiger charge is -2.43. The molecule has 1 aliphatic carbocycles. The van der Waals surface area contributed by atoms with Crippen LogP contribution in [0.4, 0.5) is 0 Å². The fourth-order valence-corrected chi connectivity index (χ4v) is 6.64. The molecule has 1 heterocycles. The number of carbonyl (C=O) groups excluding carboxylic acids is 2. The van der Waals surface area contributed by atoms with Gasteiger partial charge in [-0.25, -0.2) is 0 Å². The summed E-state index contributed by atoms with van der Waals surface area (Å²) >= 11 is 7.49. The van der Waals surface area contributed by atoms with E-state index in [0.717, 1.165) is 36.8 Å². The van der Waals surface area contributed by atoms with Gasteiger partial charge in [-0.1, -0.05) is 105 Å². The summed E-state index contributed by atoms with van der Waals surface area (Å²) in [6.45, 7) is 3.99. The standard InChI is InChI=1S/C32H39ClN2O3S/c1-22(2)26(21-36)30(24-14-8-4-9-15-24)35(32(38)28-18-19-29(33)39-28)27(20-23-12-6-3-7-13-23)31(37)34-25-16-10-5-11-17-25/h3-4,6-9,12-15,18-19,22,25-27,30,36H,5,10-11,16-17,20-21H2,1-2H3,(H,34,37)/t26-,27-,30+/m0/s1. The molecule has 3 atom stereocenters. The van der Waals surface area contributed by atoms with Crippen LogP contribution in [0.25, 0.3) is 0 Å². The number of nitrogens with one attached hydrogen (secondary N) is 1. The molecule has 4 rings (SSSR count). The quantitative estimate of drug-likeness (QED) is 0.265. The predicted octanol–water partition coefficient (Wildman–Crippen LogP) is 6.91. The number of amides is 2. The molecular weight excluding hydrogens is 528 g/mol. The fourth-order valence-electron chi connectivity index (χ4n) is 5.66. The highest BCUT2D eigenvalue weighted by molar-refractivity contribution is 7.18.